The molecule has 6 aliphatic rings. The van der Waals surface area contributed by atoms with Crippen LogP contribution in [0.4, 0.5) is 24.7 Å². The molecule has 4 aliphatic heterocycles. The fraction of sp³-hybridized carbons (Fsp3) is 0.578. The molecule has 17 nitrogen and oxygen atoms in total. The first-order chi connectivity index (χ1) is 31.4. The number of benzene rings is 1. The van der Waals surface area contributed by atoms with Crippen molar-refractivity contribution in [2.75, 3.05) is 43.0 Å². The molecule has 65 heavy (non-hydrogen) atoms. The van der Waals surface area contributed by atoms with Gasteiger partial charge in [-0.15, -0.1) is 0 Å². The van der Waals surface area contributed by atoms with E-state index in [1.54, 1.807) is 22.5 Å². The average Bonchev–Trinajstić information content (AvgIpc) is 4.13. The summed E-state index contributed by atoms with van der Waals surface area (Å²) in [7, 11) is 1.70. The van der Waals surface area contributed by atoms with Crippen molar-refractivity contribution in [3.8, 4) is 0 Å². The fourth-order valence-corrected chi connectivity index (χ4v) is 11.3. The Labute approximate surface area is 371 Å². The van der Waals surface area contributed by atoms with Crippen LogP contribution in [0, 0.1) is 5.92 Å². The van der Waals surface area contributed by atoms with Crippen LogP contribution in [0.2, 0.25) is 0 Å². The molecule has 1 unspecified atom stereocenters. The first kappa shape index (κ1) is 42.1. The predicted octanol–water partition coefficient (Wildman–Crippen LogP) is 4.83. The number of aromatic nitrogens is 7. The zero-order valence-corrected chi connectivity index (χ0v) is 36.0. The van der Waals surface area contributed by atoms with Crippen molar-refractivity contribution in [3.63, 3.8) is 0 Å². The predicted molar refractivity (Wildman–Crippen MR) is 230 cm³/mol. The Kier molecular flexibility index (Phi) is 10.8. The maximum absolute atomic E-state index is 15.7. The van der Waals surface area contributed by atoms with E-state index >= 15 is 4.39 Å². The van der Waals surface area contributed by atoms with Gasteiger partial charge in [0.25, 0.3) is 12.3 Å². The molecule has 2 aliphatic carbocycles. The molecule has 6 fully saturated rings. The van der Waals surface area contributed by atoms with Crippen LogP contribution in [-0.4, -0.2) is 119 Å². The summed E-state index contributed by atoms with van der Waals surface area (Å²) in [5.74, 6) is -0.238. The van der Waals surface area contributed by atoms with Crippen molar-refractivity contribution < 1.29 is 37.0 Å². The monoisotopic (exact) mass is 899 g/mol. The molecule has 2 bridgehead atoms. The van der Waals surface area contributed by atoms with Crippen LogP contribution in [0.5, 0.6) is 0 Å². The number of hydrogen-bond acceptors (Lipinski definition) is 11. The number of para-hydroxylation sites is 1. The molecule has 1 aromatic carbocycles. The summed E-state index contributed by atoms with van der Waals surface area (Å²) in [6, 6.07) is 6.93. The lowest BCUT2D eigenvalue weighted by Crippen LogP contribution is -2.49. The van der Waals surface area contributed by atoms with Crippen molar-refractivity contribution in [2.45, 2.75) is 119 Å². The van der Waals surface area contributed by atoms with Gasteiger partial charge in [-0.05, 0) is 87.3 Å². The Morgan fingerprint density at radius 2 is 1.86 bits per heavy atom. The highest BCUT2D eigenvalue weighted by Gasteiger charge is 2.41. The number of ether oxygens (including phenoxy) is 2. The van der Waals surface area contributed by atoms with Crippen molar-refractivity contribution in [1.82, 2.24) is 43.7 Å². The number of carbonyl (C=O) groups excluding carboxylic acids is 3. The van der Waals surface area contributed by atoms with Crippen LogP contribution in [0.3, 0.4) is 0 Å². The number of nitrogens with zero attached hydrogens (tertiary/aromatic N) is 9. The van der Waals surface area contributed by atoms with Gasteiger partial charge in [-0.1, -0.05) is 12.1 Å². The summed E-state index contributed by atoms with van der Waals surface area (Å²) in [5, 5.41) is 13.6. The number of anilines is 2. The highest BCUT2D eigenvalue weighted by Crippen LogP contribution is 2.43. The molecule has 5 atom stereocenters. The summed E-state index contributed by atoms with van der Waals surface area (Å²) >= 11 is 0. The maximum atomic E-state index is 15.7. The van der Waals surface area contributed by atoms with Gasteiger partial charge in [0.1, 0.15) is 23.6 Å². The number of amides is 3. The van der Waals surface area contributed by atoms with Crippen molar-refractivity contribution >= 4 is 45.9 Å². The molecule has 0 radical (unpaired) electrons. The number of imidazole rings is 1. The molecule has 11 rings (SSSR count). The molecule has 2 saturated carbocycles. The average molecular weight is 900 g/mol. The third-order valence-corrected chi connectivity index (χ3v) is 14.8. The summed E-state index contributed by atoms with van der Waals surface area (Å²) in [6.45, 7) is 3.10. The standard InChI is InChI=1S/C45H52F3N11O6/c1-54-40-30(3-2-4-34(40)59(45(54)63)35-9-10-38(60)52-44(35)62)25-15-28(16-25)65-36-11-13-55(21-32(36)46)19-24-5-7-26(8-6-24)58-22-33(39(53-58)41(47)48)50-43(61)31-18-49-57-14-12-37(51-42(31)57)56-20-29-17-27(56)23-64-29/h2-4,12,14,18,22,24-29,32,35-36,41H,5-11,13,15-17,19-21,23H2,1H3,(H,50,61)(H,52,60,62)/t24?,25?,26?,27-,28?,29-,32+,35?,36+/m1/s1. The molecule has 20 heteroatoms. The number of nitrogens with one attached hydrogen (secondary N) is 2. The number of carbonyl (C=O) groups is 3. The van der Waals surface area contributed by atoms with E-state index in [-0.39, 0.29) is 72.4 Å². The molecular formula is C45H52F3N11O6. The Balaban J connectivity index is 0.663. The van der Waals surface area contributed by atoms with Gasteiger partial charge < -0.3 is 19.7 Å². The second-order valence-electron chi connectivity index (χ2n) is 18.9. The summed E-state index contributed by atoms with van der Waals surface area (Å²) in [6.07, 6.45) is 6.64. The minimum Gasteiger partial charge on any atom is -0.374 e. The minimum absolute atomic E-state index is 0.0424. The van der Waals surface area contributed by atoms with Crippen LogP contribution >= 0.6 is 0 Å². The fourth-order valence-electron chi connectivity index (χ4n) is 11.3. The highest BCUT2D eigenvalue weighted by atomic mass is 19.3. The van der Waals surface area contributed by atoms with Gasteiger partial charge in [0.2, 0.25) is 11.8 Å². The number of rotatable bonds is 11. The van der Waals surface area contributed by atoms with Crippen molar-refractivity contribution in [1.29, 1.82) is 0 Å². The molecule has 4 aromatic heterocycles. The van der Waals surface area contributed by atoms with Gasteiger partial charge in [-0.3, -0.25) is 38.4 Å². The van der Waals surface area contributed by atoms with E-state index in [2.05, 4.69) is 30.6 Å². The molecule has 3 amide bonds. The maximum Gasteiger partial charge on any atom is 0.329 e. The van der Waals surface area contributed by atoms with Crippen molar-refractivity contribution in [2.24, 2.45) is 13.0 Å². The summed E-state index contributed by atoms with van der Waals surface area (Å²) in [4.78, 5) is 60.5. The van der Waals surface area contributed by atoms with Crippen LogP contribution in [0.25, 0.3) is 16.7 Å². The largest absolute Gasteiger partial charge is 0.374 e. The number of aryl methyl sites for hydroxylation is 1. The molecule has 0 spiro atoms. The summed E-state index contributed by atoms with van der Waals surface area (Å²) < 4.78 is 62.6. The lowest BCUT2D eigenvalue weighted by molar-refractivity contribution is -0.135. The molecule has 2 N–H and O–H groups in total. The van der Waals surface area contributed by atoms with Gasteiger partial charge in [0, 0.05) is 52.0 Å². The Bertz CT molecular complexity index is 2720. The smallest absolute Gasteiger partial charge is 0.329 e. The lowest BCUT2D eigenvalue weighted by Gasteiger charge is -2.42. The van der Waals surface area contributed by atoms with E-state index in [1.165, 1.54) is 21.5 Å². The topological polar surface area (TPSA) is 175 Å². The Morgan fingerprint density at radius 3 is 2.60 bits per heavy atom. The Morgan fingerprint density at radius 1 is 1.03 bits per heavy atom. The number of imide groups is 1. The van der Waals surface area contributed by atoms with Crippen LogP contribution < -0.4 is 21.2 Å². The molecule has 4 saturated heterocycles. The minimum atomic E-state index is -2.89. The van der Waals surface area contributed by atoms with E-state index in [9.17, 15) is 28.0 Å². The van der Waals surface area contributed by atoms with Gasteiger partial charge >= 0.3 is 5.69 Å². The molecule has 5 aromatic rings. The number of morpholine rings is 1. The van der Waals surface area contributed by atoms with E-state index in [0.717, 1.165) is 56.3 Å². The number of likely N-dealkylation sites (tertiary alicyclic amines) is 1. The first-order valence-electron chi connectivity index (χ1n) is 22.9. The Hall–Kier alpha value is -5.60. The zero-order chi connectivity index (χ0) is 44.7. The second kappa shape index (κ2) is 16.7. The normalized spacial score (nSPS) is 29.6. The van der Waals surface area contributed by atoms with Gasteiger partial charge in [0.15, 0.2) is 11.3 Å². The SMILES string of the molecule is Cn1c(=O)n(C2CCC(=O)NC2=O)c2cccc(C3CC(O[C@H]4CCN(CC5CCC(n6cc(NC(=O)c7cnn8ccc(N9C[C@H]%10C[C@@H]9CO%10)nc78)c(C(F)F)n6)CC5)C[C@@H]4F)C3)c21. The number of fused-ring (bicyclic) bond motifs is 4. The summed E-state index contributed by atoms with van der Waals surface area (Å²) in [5.41, 5.74) is 2.09. The van der Waals surface area contributed by atoms with Crippen LogP contribution in [0.15, 0.2) is 47.7 Å². The van der Waals surface area contributed by atoms with Crippen LogP contribution in [-0.2, 0) is 26.1 Å². The lowest BCUT2D eigenvalue weighted by atomic mass is 9.76. The van der Waals surface area contributed by atoms with Gasteiger partial charge in [-0.25, -0.2) is 27.5 Å². The number of piperidine rings is 2. The zero-order valence-electron chi connectivity index (χ0n) is 36.0. The van der Waals surface area contributed by atoms with E-state index < -0.39 is 42.3 Å². The number of alkyl halides is 3. The van der Waals surface area contributed by atoms with Gasteiger partial charge in [0.05, 0.1) is 59.9 Å². The van der Waals surface area contributed by atoms with E-state index in [0.29, 0.717) is 55.3 Å². The van der Waals surface area contributed by atoms with Crippen molar-refractivity contribution in [3.05, 3.63) is 70.2 Å². The van der Waals surface area contributed by atoms with E-state index in [4.69, 9.17) is 14.5 Å². The second-order valence-corrected chi connectivity index (χ2v) is 18.9. The molecule has 344 valence electrons. The van der Waals surface area contributed by atoms with Crippen LogP contribution in [0.1, 0.15) is 110 Å². The van der Waals surface area contributed by atoms with Gasteiger partial charge in [-0.2, -0.15) is 10.2 Å². The quantitative estimate of drug-likeness (QED) is 0.174. The third kappa shape index (κ3) is 7.69. The third-order valence-electron chi connectivity index (χ3n) is 14.8. The number of hydrogen-bond donors (Lipinski definition) is 2. The first-order valence-corrected chi connectivity index (χ1v) is 22.9. The highest BCUT2D eigenvalue weighted by molar-refractivity contribution is 6.08. The number of halogens is 3. The molecular weight excluding hydrogens is 848 g/mol. The van der Waals surface area contributed by atoms with E-state index in [1.807, 2.05) is 24.3 Å². The molecule has 8 heterocycles.